The van der Waals surface area contributed by atoms with Crippen molar-refractivity contribution in [2.45, 2.75) is 38.7 Å². The Morgan fingerprint density at radius 2 is 1.85 bits per heavy atom. The van der Waals surface area contributed by atoms with Crippen LogP contribution in [0.25, 0.3) is 0 Å². The molecule has 0 saturated carbocycles. The van der Waals surface area contributed by atoms with Gasteiger partial charge in [0.15, 0.2) is 5.78 Å². The van der Waals surface area contributed by atoms with Crippen LogP contribution in [0.5, 0.6) is 5.75 Å². The van der Waals surface area contributed by atoms with Gasteiger partial charge < -0.3 is 9.64 Å². The van der Waals surface area contributed by atoms with Crippen LogP contribution in [0, 0.1) is 13.8 Å². The summed E-state index contributed by atoms with van der Waals surface area (Å²) in [5.41, 5.74) is 2.76. The predicted octanol–water partition coefficient (Wildman–Crippen LogP) is 4.60. The molecule has 4 nitrogen and oxygen atoms in total. The molecule has 2 aromatic carbocycles. The number of rotatable bonds is 1. The van der Waals surface area contributed by atoms with E-state index in [1.807, 2.05) is 38.1 Å². The minimum Gasteiger partial charge on any atom is -0.486 e. The quantitative estimate of drug-likeness (QED) is 0.723. The normalized spacial score (nSPS) is 18.2. The zero-order valence-corrected chi connectivity index (χ0v) is 16.3. The molecule has 2 aliphatic heterocycles. The van der Waals surface area contributed by atoms with Gasteiger partial charge in [0.1, 0.15) is 11.4 Å². The van der Waals surface area contributed by atoms with Gasteiger partial charge in [0.25, 0.3) is 5.91 Å². The lowest BCUT2D eigenvalue weighted by molar-refractivity contribution is -0.00618. The van der Waals surface area contributed by atoms with Gasteiger partial charge in [-0.05, 0) is 43.2 Å². The van der Waals surface area contributed by atoms with Gasteiger partial charge in [0.05, 0.1) is 22.6 Å². The number of piperidine rings is 1. The third-order valence-corrected chi connectivity index (χ3v) is 5.92. The fourth-order valence-corrected chi connectivity index (χ4v) is 4.36. The number of Topliss-reactive ketones (excluding diaryl/α,β-unsaturated/α-hetero) is 1. The number of nitrogens with zero attached hydrogens (tertiary/aromatic N) is 1. The molecule has 5 heteroatoms. The number of hydrogen-bond acceptors (Lipinski definition) is 3. The molecule has 2 aliphatic rings. The van der Waals surface area contributed by atoms with E-state index in [2.05, 4.69) is 0 Å². The van der Waals surface area contributed by atoms with Crippen molar-refractivity contribution in [1.82, 2.24) is 4.90 Å². The van der Waals surface area contributed by atoms with Crippen LogP contribution in [-0.4, -0.2) is 35.3 Å². The van der Waals surface area contributed by atoms with Crippen LogP contribution in [-0.2, 0) is 0 Å². The maximum Gasteiger partial charge on any atom is 0.255 e. The van der Waals surface area contributed by atoms with Crippen molar-refractivity contribution in [1.29, 1.82) is 0 Å². The average molecular weight is 384 g/mol. The molecular weight excluding hydrogens is 362 g/mol. The summed E-state index contributed by atoms with van der Waals surface area (Å²) in [6.45, 7) is 5.08. The molecule has 0 aromatic heterocycles. The Labute approximate surface area is 164 Å². The molecule has 0 atom stereocenters. The first-order valence-electron chi connectivity index (χ1n) is 9.26. The van der Waals surface area contributed by atoms with Crippen molar-refractivity contribution in [3.8, 4) is 5.75 Å². The third-order valence-electron chi connectivity index (χ3n) is 5.59. The molecule has 0 aliphatic carbocycles. The molecule has 2 aromatic rings. The van der Waals surface area contributed by atoms with Crippen LogP contribution in [0.1, 0.15) is 51.1 Å². The number of halogens is 1. The summed E-state index contributed by atoms with van der Waals surface area (Å²) in [5, 5.41) is 0.465. The molecule has 1 spiro atoms. The van der Waals surface area contributed by atoms with Crippen molar-refractivity contribution >= 4 is 23.3 Å². The number of likely N-dealkylation sites (tertiary alicyclic amines) is 1. The first-order chi connectivity index (χ1) is 12.9. The molecule has 4 rings (SSSR count). The molecule has 0 N–H and O–H groups in total. The highest BCUT2D eigenvalue weighted by Gasteiger charge is 2.44. The van der Waals surface area contributed by atoms with Crippen LogP contribution in [0.4, 0.5) is 0 Å². The summed E-state index contributed by atoms with van der Waals surface area (Å²) in [5.74, 6) is 0.779. The second-order valence-corrected chi connectivity index (χ2v) is 8.02. The summed E-state index contributed by atoms with van der Waals surface area (Å²) < 4.78 is 6.39. The molecule has 0 radical (unpaired) electrons. The molecule has 0 unspecified atom stereocenters. The van der Waals surface area contributed by atoms with Gasteiger partial charge in [0, 0.05) is 25.9 Å². The number of carbonyl (C=O) groups excluding carboxylic acids is 2. The van der Waals surface area contributed by atoms with E-state index in [9.17, 15) is 9.59 Å². The summed E-state index contributed by atoms with van der Waals surface area (Å²) in [7, 11) is 0. The molecule has 1 amide bonds. The van der Waals surface area contributed by atoms with Crippen LogP contribution in [0.3, 0.4) is 0 Å². The highest BCUT2D eigenvalue weighted by Crippen LogP contribution is 2.41. The number of ketones is 1. The molecule has 0 bridgehead atoms. The van der Waals surface area contributed by atoms with E-state index in [-0.39, 0.29) is 11.7 Å². The van der Waals surface area contributed by atoms with Gasteiger partial charge in [0.2, 0.25) is 0 Å². The molecular formula is C22H22ClNO3. The Hall–Kier alpha value is -2.33. The summed E-state index contributed by atoms with van der Waals surface area (Å²) in [6, 6.07) is 11.1. The second-order valence-electron chi connectivity index (χ2n) is 7.62. The first kappa shape index (κ1) is 18.1. The largest absolute Gasteiger partial charge is 0.486 e. The Balaban J connectivity index is 1.53. The molecule has 1 fully saturated rings. The van der Waals surface area contributed by atoms with E-state index in [1.54, 1.807) is 17.0 Å². The van der Waals surface area contributed by atoms with E-state index in [0.29, 0.717) is 54.3 Å². The van der Waals surface area contributed by atoms with Crippen LogP contribution in [0.15, 0.2) is 36.4 Å². The van der Waals surface area contributed by atoms with E-state index in [0.717, 1.165) is 11.1 Å². The van der Waals surface area contributed by atoms with Gasteiger partial charge in [-0.15, -0.1) is 0 Å². The number of amides is 1. The Morgan fingerprint density at radius 1 is 1.15 bits per heavy atom. The van der Waals surface area contributed by atoms with E-state index >= 15 is 0 Å². The minimum atomic E-state index is -0.513. The third kappa shape index (κ3) is 3.23. The fourth-order valence-electron chi connectivity index (χ4n) is 4.14. The minimum absolute atomic E-state index is 0.0650. The summed E-state index contributed by atoms with van der Waals surface area (Å²) in [4.78, 5) is 27.4. The van der Waals surface area contributed by atoms with E-state index < -0.39 is 5.60 Å². The monoisotopic (exact) mass is 383 g/mol. The highest BCUT2D eigenvalue weighted by atomic mass is 35.5. The number of benzene rings is 2. The molecule has 27 heavy (non-hydrogen) atoms. The first-order valence-corrected chi connectivity index (χ1v) is 9.64. The van der Waals surface area contributed by atoms with Gasteiger partial charge in [-0.2, -0.15) is 0 Å². The van der Waals surface area contributed by atoms with Crippen molar-refractivity contribution < 1.29 is 14.3 Å². The zero-order valence-electron chi connectivity index (χ0n) is 15.5. The maximum atomic E-state index is 12.8. The Kier molecular flexibility index (Phi) is 4.47. The summed E-state index contributed by atoms with van der Waals surface area (Å²) in [6.07, 6.45) is 1.65. The van der Waals surface area contributed by atoms with Crippen molar-refractivity contribution in [2.24, 2.45) is 0 Å². The van der Waals surface area contributed by atoms with E-state index in [1.165, 1.54) is 0 Å². The lowest BCUT2D eigenvalue weighted by Gasteiger charge is -2.44. The van der Waals surface area contributed by atoms with Crippen LogP contribution >= 0.6 is 11.6 Å². The number of aryl methyl sites for hydroxylation is 2. The van der Waals surface area contributed by atoms with Crippen molar-refractivity contribution in [3.05, 3.63) is 63.7 Å². The Morgan fingerprint density at radius 3 is 2.56 bits per heavy atom. The lowest BCUT2D eigenvalue weighted by Crippen LogP contribution is -2.52. The van der Waals surface area contributed by atoms with Gasteiger partial charge in [-0.3, -0.25) is 9.59 Å². The lowest BCUT2D eigenvalue weighted by atomic mass is 9.81. The highest BCUT2D eigenvalue weighted by molar-refractivity contribution is 6.33. The molecule has 1 saturated heterocycles. The average Bonchev–Trinajstić information content (AvgIpc) is 2.63. The smallest absolute Gasteiger partial charge is 0.255 e. The molecule has 140 valence electrons. The van der Waals surface area contributed by atoms with E-state index in [4.69, 9.17) is 16.3 Å². The fraction of sp³-hybridized carbons (Fsp3) is 0.364. The number of carbonyl (C=O) groups is 2. The van der Waals surface area contributed by atoms with Crippen LogP contribution < -0.4 is 4.74 Å². The predicted molar refractivity (Wildman–Crippen MR) is 105 cm³/mol. The standard InChI is InChI=1S/C22H22ClNO3/c1-14-11-15(2)20-17(12-14)19(25)13-22(27-20)7-9-24(10-8-22)21(26)16-5-3-4-6-18(16)23/h3-6,11-12H,7-10,13H2,1-2H3. The topological polar surface area (TPSA) is 46.6 Å². The maximum absolute atomic E-state index is 12.8. The van der Waals surface area contributed by atoms with Crippen molar-refractivity contribution in [3.63, 3.8) is 0 Å². The van der Waals surface area contributed by atoms with Gasteiger partial charge in [-0.25, -0.2) is 0 Å². The van der Waals surface area contributed by atoms with Crippen LogP contribution in [0.2, 0.25) is 5.02 Å². The number of hydrogen-bond donors (Lipinski definition) is 0. The van der Waals surface area contributed by atoms with Gasteiger partial charge in [-0.1, -0.05) is 29.8 Å². The van der Waals surface area contributed by atoms with Gasteiger partial charge >= 0.3 is 0 Å². The zero-order chi connectivity index (χ0) is 19.2. The molecule has 2 heterocycles. The second kappa shape index (κ2) is 6.68. The Bertz CT molecular complexity index is 929. The number of ether oxygens (including phenoxy) is 1. The van der Waals surface area contributed by atoms with Crippen molar-refractivity contribution in [2.75, 3.05) is 13.1 Å². The SMILES string of the molecule is Cc1cc(C)c2c(c1)C(=O)CC1(CCN(C(=O)c3ccccc3Cl)CC1)O2. The number of fused-ring (bicyclic) bond motifs is 1. The summed E-state index contributed by atoms with van der Waals surface area (Å²) >= 11 is 6.17.